The minimum atomic E-state index is 1.11. The smallest absolute Gasteiger partial charge is 0.0155 e. The van der Waals surface area contributed by atoms with E-state index < -0.39 is 0 Å². The molecule has 3 aromatic rings. The summed E-state index contributed by atoms with van der Waals surface area (Å²) >= 11 is 0. The van der Waals surface area contributed by atoms with Crippen LogP contribution in [0, 0.1) is 13.8 Å². The van der Waals surface area contributed by atoms with Crippen molar-refractivity contribution in [2.24, 2.45) is 0 Å². The largest absolute Gasteiger partial charge is 0.0917 e. The summed E-state index contributed by atoms with van der Waals surface area (Å²) in [4.78, 5) is 0. The first-order valence-corrected chi connectivity index (χ1v) is 9.05. The molecule has 0 bridgehead atoms. The quantitative estimate of drug-likeness (QED) is 0.437. The highest BCUT2D eigenvalue weighted by molar-refractivity contribution is 5.72. The third kappa shape index (κ3) is 4.28. The molecule has 0 radical (unpaired) electrons. The molecule has 0 nitrogen and oxygen atoms in total. The van der Waals surface area contributed by atoms with E-state index in [1.54, 1.807) is 0 Å². The number of hydrogen-bond donors (Lipinski definition) is 0. The van der Waals surface area contributed by atoms with Crippen LogP contribution in [-0.2, 0) is 6.42 Å². The number of benzene rings is 3. The van der Waals surface area contributed by atoms with Gasteiger partial charge in [0.05, 0.1) is 0 Å². The second-order valence-electron chi connectivity index (χ2n) is 6.70. The molecule has 0 aromatic heterocycles. The Morgan fingerprint density at radius 3 is 1.92 bits per heavy atom. The molecule has 3 aromatic carbocycles. The summed E-state index contributed by atoms with van der Waals surface area (Å²) < 4.78 is 0. The standard InChI is InChI=1S/C25H26/c1-4-5-6-7-21-9-11-22(12-10-21)23-13-15-24(16-14-23)25-17-8-19(2)18-20(25)3/h4-5,8-18H,6-7H2,1-3H3/b5-4+. The second kappa shape index (κ2) is 7.98. The second-order valence-corrected chi connectivity index (χ2v) is 6.70. The molecule has 0 spiro atoms. The van der Waals surface area contributed by atoms with Crippen molar-refractivity contribution >= 4 is 0 Å². The van der Waals surface area contributed by atoms with Gasteiger partial charge in [-0.3, -0.25) is 0 Å². The number of rotatable bonds is 5. The van der Waals surface area contributed by atoms with Crippen LogP contribution < -0.4 is 0 Å². The molecule has 0 amide bonds. The summed E-state index contributed by atoms with van der Waals surface area (Å²) in [7, 11) is 0. The minimum Gasteiger partial charge on any atom is -0.0917 e. The molecule has 0 unspecified atom stereocenters. The molecule has 0 saturated heterocycles. The van der Waals surface area contributed by atoms with Crippen molar-refractivity contribution in [1.29, 1.82) is 0 Å². The van der Waals surface area contributed by atoms with Gasteiger partial charge in [-0.05, 0) is 67.0 Å². The molecule has 0 N–H and O–H groups in total. The van der Waals surface area contributed by atoms with Crippen molar-refractivity contribution in [3.05, 3.63) is 95.6 Å². The van der Waals surface area contributed by atoms with Gasteiger partial charge >= 0.3 is 0 Å². The molecule has 0 aliphatic rings. The predicted octanol–water partition coefficient (Wildman–Crippen LogP) is 7.15. The van der Waals surface area contributed by atoms with Gasteiger partial charge in [-0.1, -0.05) is 84.4 Å². The van der Waals surface area contributed by atoms with Crippen LogP contribution in [0.15, 0.2) is 78.9 Å². The summed E-state index contributed by atoms with van der Waals surface area (Å²) in [6.07, 6.45) is 6.56. The molecule has 3 rings (SSSR count). The maximum atomic E-state index is 2.25. The van der Waals surface area contributed by atoms with Crippen LogP contribution in [0.5, 0.6) is 0 Å². The van der Waals surface area contributed by atoms with Crippen molar-refractivity contribution in [1.82, 2.24) is 0 Å². The molecule has 0 fully saturated rings. The zero-order valence-electron chi connectivity index (χ0n) is 15.4. The van der Waals surface area contributed by atoms with Crippen LogP contribution in [0.1, 0.15) is 30.0 Å². The summed E-state index contributed by atoms with van der Waals surface area (Å²) in [5.74, 6) is 0. The fourth-order valence-electron chi connectivity index (χ4n) is 3.26. The summed E-state index contributed by atoms with van der Waals surface area (Å²) in [5.41, 5.74) is 9.19. The third-order valence-electron chi connectivity index (χ3n) is 4.70. The summed E-state index contributed by atoms with van der Waals surface area (Å²) in [6.45, 7) is 6.40. The minimum absolute atomic E-state index is 1.11. The molecule has 126 valence electrons. The topological polar surface area (TPSA) is 0 Å². The highest BCUT2D eigenvalue weighted by Crippen LogP contribution is 2.27. The van der Waals surface area contributed by atoms with Crippen LogP contribution in [0.25, 0.3) is 22.3 Å². The fourth-order valence-corrected chi connectivity index (χ4v) is 3.26. The van der Waals surface area contributed by atoms with E-state index in [9.17, 15) is 0 Å². The van der Waals surface area contributed by atoms with Gasteiger partial charge in [0.25, 0.3) is 0 Å². The molecular formula is C25H26. The van der Waals surface area contributed by atoms with Crippen molar-refractivity contribution in [2.45, 2.75) is 33.6 Å². The Hall–Kier alpha value is -2.60. The first-order chi connectivity index (χ1) is 12.2. The van der Waals surface area contributed by atoms with E-state index in [1.165, 1.54) is 38.9 Å². The van der Waals surface area contributed by atoms with E-state index in [0.29, 0.717) is 0 Å². The Morgan fingerprint density at radius 1 is 0.720 bits per heavy atom. The van der Waals surface area contributed by atoms with Gasteiger partial charge in [0.1, 0.15) is 0 Å². The molecule has 0 heterocycles. The monoisotopic (exact) mass is 326 g/mol. The fraction of sp³-hybridized carbons (Fsp3) is 0.200. The first kappa shape index (κ1) is 17.2. The Balaban J connectivity index is 1.78. The van der Waals surface area contributed by atoms with E-state index in [0.717, 1.165) is 12.8 Å². The maximum absolute atomic E-state index is 2.25. The molecule has 0 heteroatoms. The van der Waals surface area contributed by atoms with Gasteiger partial charge in [0.2, 0.25) is 0 Å². The molecule has 0 saturated carbocycles. The van der Waals surface area contributed by atoms with Gasteiger partial charge in [-0.25, -0.2) is 0 Å². The zero-order chi connectivity index (χ0) is 17.6. The van der Waals surface area contributed by atoms with E-state index in [-0.39, 0.29) is 0 Å². The lowest BCUT2D eigenvalue weighted by Crippen LogP contribution is -1.86. The van der Waals surface area contributed by atoms with E-state index in [1.807, 2.05) is 0 Å². The van der Waals surface area contributed by atoms with Crippen molar-refractivity contribution < 1.29 is 0 Å². The van der Waals surface area contributed by atoms with Crippen molar-refractivity contribution in [3.8, 4) is 22.3 Å². The Labute approximate surface area is 151 Å². The number of aryl methyl sites for hydroxylation is 3. The van der Waals surface area contributed by atoms with Gasteiger partial charge in [0.15, 0.2) is 0 Å². The third-order valence-corrected chi connectivity index (χ3v) is 4.70. The van der Waals surface area contributed by atoms with E-state index in [4.69, 9.17) is 0 Å². The Bertz CT molecular complexity index is 850. The zero-order valence-corrected chi connectivity index (χ0v) is 15.4. The molecule has 0 atom stereocenters. The highest BCUT2D eigenvalue weighted by atomic mass is 14.1. The van der Waals surface area contributed by atoms with Gasteiger partial charge < -0.3 is 0 Å². The molecular weight excluding hydrogens is 300 g/mol. The highest BCUT2D eigenvalue weighted by Gasteiger charge is 2.03. The Kier molecular flexibility index (Phi) is 5.50. The predicted molar refractivity (Wildman–Crippen MR) is 110 cm³/mol. The van der Waals surface area contributed by atoms with Crippen molar-refractivity contribution in [3.63, 3.8) is 0 Å². The van der Waals surface area contributed by atoms with E-state index >= 15 is 0 Å². The summed E-state index contributed by atoms with van der Waals surface area (Å²) in [5, 5.41) is 0. The van der Waals surface area contributed by atoms with Crippen LogP contribution in [0.4, 0.5) is 0 Å². The Morgan fingerprint density at radius 2 is 1.32 bits per heavy atom. The maximum Gasteiger partial charge on any atom is -0.0155 e. The van der Waals surface area contributed by atoms with E-state index in [2.05, 4.69) is 99.7 Å². The van der Waals surface area contributed by atoms with Crippen LogP contribution >= 0.6 is 0 Å². The summed E-state index contributed by atoms with van der Waals surface area (Å²) in [6, 6.07) is 24.5. The lowest BCUT2D eigenvalue weighted by atomic mass is 9.96. The normalized spacial score (nSPS) is 11.2. The average molecular weight is 326 g/mol. The van der Waals surface area contributed by atoms with Crippen LogP contribution in [0.3, 0.4) is 0 Å². The van der Waals surface area contributed by atoms with Gasteiger partial charge in [-0.15, -0.1) is 0 Å². The molecule has 25 heavy (non-hydrogen) atoms. The first-order valence-electron chi connectivity index (χ1n) is 9.05. The lowest BCUT2D eigenvalue weighted by molar-refractivity contribution is 1.000. The molecule has 0 aliphatic carbocycles. The van der Waals surface area contributed by atoms with Crippen molar-refractivity contribution in [2.75, 3.05) is 0 Å². The van der Waals surface area contributed by atoms with Crippen LogP contribution in [0.2, 0.25) is 0 Å². The SMILES string of the molecule is C/C=C/CCc1ccc(-c2ccc(-c3ccc(C)cc3C)cc2)cc1. The van der Waals surface area contributed by atoms with Crippen LogP contribution in [-0.4, -0.2) is 0 Å². The number of hydrogen-bond acceptors (Lipinski definition) is 0. The number of allylic oxidation sites excluding steroid dienone is 2. The average Bonchev–Trinajstić information content (AvgIpc) is 2.63. The lowest BCUT2D eigenvalue weighted by Gasteiger charge is -2.09. The van der Waals surface area contributed by atoms with Gasteiger partial charge in [0, 0.05) is 0 Å². The van der Waals surface area contributed by atoms with Gasteiger partial charge in [-0.2, -0.15) is 0 Å². The molecule has 0 aliphatic heterocycles.